The van der Waals surface area contributed by atoms with Crippen molar-refractivity contribution in [3.8, 4) is 0 Å². The van der Waals surface area contributed by atoms with Gasteiger partial charge in [0.1, 0.15) is 42.3 Å². The molecule has 22 heteroatoms. The van der Waals surface area contributed by atoms with E-state index >= 15 is 0 Å². The van der Waals surface area contributed by atoms with Gasteiger partial charge in [-0.2, -0.15) is 11.8 Å². The first-order chi connectivity index (χ1) is 33.8. The lowest BCUT2D eigenvalue weighted by Gasteiger charge is -2.30. The molecule has 15 N–H and O–H groups in total. The number of aliphatic hydroxyl groups is 2. The number of nitrogens with one attached hydrogen (secondary N) is 8. The molecule has 21 nitrogen and oxygen atoms in total. The van der Waals surface area contributed by atoms with Crippen molar-refractivity contribution in [2.24, 2.45) is 23.3 Å². The van der Waals surface area contributed by atoms with Gasteiger partial charge in [-0.15, -0.1) is 0 Å². The molecule has 0 aliphatic heterocycles. The molecule has 2 aromatic carbocycles. The number of hydrogen-bond donors (Lipinski definition) is 13. The predicted molar refractivity (Wildman–Crippen MR) is 270 cm³/mol. The number of fused-ring (bicyclic) bond motifs is 1. The number of carbonyl (C=O) groups excluding carboxylic acids is 7. The van der Waals surface area contributed by atoms with Gasteiger partial charge in [-0.1, -0.05) is 82.6 Å². The summed E-state index contributed by atoms with van der Waals surface area (Å²) < 4.78 is 0. The Morgan fingerprint density at radius 1 is 0.648 bits per heavy atom. The number of unbranched alkanes of at least 4 members (excludes halogenated alkanes) is 1. The van der Waals surface area contributed by atoms with Crippen LogP contribution in [0.2, 0.25) is 0 Å². The number of carboxylic acid groups (broad SMARTS) is 1. The van der Waals surface area contributed by atoms with Crippen LogP contribution in [0.3, 0.4) is 0 Å². The van der Waals surface area contributed by atoms with Gasteiger partial charge in [0.2, 0.25) is 41.4 Å². The normalized spacial score (nSPS) is 15.6. The number of carbonyl (C=O) groups is 8. The van der Waals surface area contributed by atoms with E-state index in [1.165, 1.54) is 18.7 Å². The van der Waals surface area contributed by atoms with E-state index in [9.17, 15) is 53.7 Å². The molecule has 3 rings (SSSR count). The molecular formula is C49H74N10O11S. The minimum absolute atomic E-state index is 0.0462. The standard InChI is InChI=1S/C49H74N10O11S/c1-7-28(4)40(47(67)56-38(26-60)49(69)70)58-44(64)36(23-30-15-9-8-10-16-30)55-48(68)41(29(5)61)59-46(66)39(27(2)3)57-45(65)37(24-31-25-52-34-18-12-11-17-32(31)34)54-43(63)35(19-13-14-21-50)53-42(62)33(51)20-22-71-6/h8-12,15-18,25,27-29,33,35-41,52,60-61H,7,13-14,19-24,26,50-51H2,1-6H3,(H,53,62)(H,54,63)(H,55,68)(H,56,67)(H,57,65)(H,58,64)(H,59,66)(H,69,70)/t28-,29+,33-,35-,36-,37-,38-,39-,40-,41-/m0/s1. The summed E-state index contributed by atoms with van der Waals surface area (Å²) in [5, 5.41) is 48.9. The third-order valence-corrected chi connectivity index (χ3v) is 12.7. The Morgan fingerprint density at radius 2 is 1.18 bits per heavy atom. The van der Waals surface area contributed by atoms with E-state index in [4.69, 9.17) is 11.5 Å². The maximum atomic E-state index is 14.5. The smallest absolute Gasteiger partial charge is 0.328 e. The highest BCUT2D eigenvalue weighted by atomic mass is 32.2. The zero-order chi connectivity index (χ0) is 52.8. The van der Waals surface area contributed by atoms with Crippen LogP contribution in [0.5, 0.6) is 0 Å². The quantitative estimate of drug-likeness (QED) is 0.0369. The molecule has 0 fully saturated rings. The van der Waals surface area contributed by atoms with Crippen molar-refractivity contribution in [2.75, 3.05) is 25.2 Å². The summed E-state index contributed by atoms with van der Waals surface area (Å²) >= 11 is 1.52. The van der Waals surface area contributed by atoms with Gasteiger partial charge in [-0.3, -0.25) is 33.6 Å². The van der Waals surface area contributed by atoms with Crippen LogP contribution in [0, 0.1) is 11.8 Å². The average Bonchev–Trinajstić information content (AvgIpc) is 3.75. The van der Waals surface area contributed by atoms with E-state index in [1.54, 1.807) is 64.2 Å². The van der Waals surface area contributed by atoms with Gasteiger partial charge in [-0.05, 0) is 80.2 Å². The van der Waals surface area contributed by atoms with Gasteiger partial charge in [0.15, 0.2) is 0 Å². The maximum Gasteiger partial charge on any atom is 0.328 e. The molecule has 1 aromatic heterocycles. The summed E-state index contributed by atoms with van der Waals surface area (Å²) in [6.07, 6.45) is 3.86. The lowest BCUT2D eigenvalue weighted by molar-refractivity contribution is -0.143. The monoisotopic (exact) mass is 1010 g/mol. The molecule has 7 amide bonds. The molecule has 0 bridgehead atoms. The second-order valence-electron chi connectivity index (χ2n) is 18.0. The average molecular weight is 1010 g/mol. The molecule has 0 spiro atoms. The number of aliphatic carboxylic acids is 1. The van der Waals surface area contributed by atoms with Crippen LogP contribution < -0.4 is 48.7 Å². The lowest BCUT2D eigenvalue weighted by Crippen LogP contribution is -2.63. The molecule has 0 saturated carbocycles. The highest BCUT2D eigenvalue weighted by molar-refractivity contribution is 7.98. The van der Waals surface area contributed by atoms with Crippen LogP contribution in [0.25, 0.3) is 10.9 Å². The Bertz CT molecular complexity index is 2230. The zero-order valence-corrected chi connectivity index (χ0v) is 42.2. The number of rotatable bonds is 31. The molecule has 392 valence electrons. The van der Waals surface area contributed by atoms with Crippen molar-refractivity contribution in [3.05, 3.63) is 71.9 Å². The van der Waals surface area contributed by atoms with Gasteiger partial charge in [-0.25, -0.2) is 4.79 Å². The molecule has 0 radical (unpaired) electrons. The number of aromatic nitrogens is 1. The number of carboxylic acids is 1. The predicted octanol–water partition coefficient (Wildman–Crippen LogP) is -0.284. The Kier molecular flexibility index (Phi) is 25.0. The first-order valence-corrected chi connectivity index (χ1v) is 25.3. The molecular weight excluding hydrogens is 937 g/mol. The van der Waals surface area contributed by atoms with E-state index in [0.717, 1.165) is 10.9 Å². The fourth-order valence-electron chi connectivity index (χ4n) is 7.58. The maximum absolute atomic E-state index is 14.5. The zero-order valence-electron chi connectivity index (χ0n) is 41.4. The molecule has 0 aliphatic rings. The minimum Gasteiger partial charge on any atom is -0.480 e. The lowest BCUT2D eigenvalue weighted by atomic mass is 9.96. The number of aliphatic hydroxyl groups excluding tert-OH is 2. The molecule has 0 aliphatic carbocycles. The van der Waals surface area contributed by atoms with Gasteiger partial charge >= 0.3 is 5.97 Å². The molecule has 10 atom stereocenters. The van der Waals surface area contributed by atoms with Crippen LogP contribution in [-0.2, 0) is 51.2 Å². The number of thioether (sulfide) groups is 1. The number of amides is 7. The third-order valence-electron chi connectivity index (χ3n) is 12.1. The minimum atomic E-state index is -1.69. The van der Waals surface area contributed by atoms with E-state index in [-0.39, 0.29) is 19.3 Å². The van der Waals surface area contributed by atoms with Gasteiger partial charge in [0.25, 0.3) is 0 Å². The highest BCUT2D eigenvalue weighted by Crippen LogP contribution is 2.20. The number of benzene rings is 2. The van der Waals surface area contributed by atoms with Crippen LogP contribution in [0.15, 0.2) is 60.8 Å². The molecule has 0 saturated heterocycles. The van der Waals surface area contributed by atoms with Crippen molar-refractivity contribution in [1.82, 2.24) is 42.2 Å². The largest absolute Gasteiger partial charge is 0.480 e. The van der Waals surface area contributed by atoms with Crippen LogP contribution in [-0.4, -0.2) is 147 Å². The van der Waals surface area contributed by atoms with Gasteiger partial charge in [0.05, 0.1) is 18.8 Å². The van der Waals surface area contributed by atoms with Gasteiger partial charge in [0, 0.05) is 29.9 Å². The molecule has 3 aromatic rings. The Balaban J connectivity index is 1.93. The van der Waals surface area contributed by atoms with E-state index in [2.05, 4.69) is 42.2 Å². The van der Waals surface area contributed by atoms with Crippen LogP contribution in [0.1, 0.15) is 77.8 Å². The topological polar surface area (TPSA) is 349 Å². The van der Waals surface area contributed by atoms with Crippen molar-refractivity contribution in [3.63, 3.8) is 0 Å². The van der Waals surface area contributed by atoms with Crippen molar-refractivity contribution in [2.45, 2.75) is 134 Å². The fraction of sp³-hybridized carbons (Fsp3) is 0.551. The summed E-state index contributed by atoms with van der Waals surface area (Å²) in [5.41, 5.74) is 13.9. The van der Waals surface area contributed by atoms with Crippen molar-refractivity contribution in [1.29, 1.82) is 0 Å². The molecule has 71 heavy (non-hydrogen) atoms. The Morgan fingerprint density at radius 3 is 1.77 bits per heavy atom. The third kappa shape index (κ3) is 18.6. The summed E-state index contributed by atoms with van der Waals surface area (Å²) in [7, 11) is 0. The number of H-pyrrole nitrogens is 1. The van der Waals surface area contributed by atoms with E-state index in [1.807, 2.05) is 30.5 Å². The fourth-order valence-corrected chi connectivity index (χ4v) is 8.07. The van der Waals surface area contributed by atoms with E-state index < -0.39 is 120 Å². The number of para-hydroxylation sites is 1. The molecule has 1 heterocycles. The summed E-state index contributed by atoms with van der Waals surface area (Å²) in [4.78, 5) is 112. The first-order valence-electron chi connectivity index (χ1n) is 23.9. The number of hydrogen-bond acceptors (Lipinski definition) is 13. The Labute approximate surface area is 418 Å². The SMILES string of the molecule is CC[C@H](C)[C@H](NC(=O)[C@H](Cc1ccccc1)NC(=O)[C@@H](NC(=O)[C@@H](NC(=O)[C@H](Cc1c[nH]c2ccccc12)NC(=O)[C@H](CCCCN)NC(=O)[C@@H](N)CCSC)C(C)C)[C@@H](C)O)C(=O)N[C@@H](CO)C(=O)O. The first kappa shape index (κ1) is 59.2. The molecule has 0 unspecified atom stereocenters. The van der Waals surface area contributed by atoms with Gasteiger partial charge < -0.3 is 69.0 Å². The summed E-state index contributed by atoms with van der Waals surface area (Å²) in [6.45, 7) is 7.37. The highest BCUT2D eigenvalue weighted by Gasteiger charge is 2.37. The second kappa shape index (κ2) is 30.0. The number of nitrogens with two attached hydrogens (primary N) is 2. The summed E-state index contributed by atoms with van der Waals surface area (Å²) in [5.74, 6) is -7.59. The number of aromatic amines is 1. The summed E-state index contributed by atoms with van der Waals surface area (Å²) in [6, 6.07) is 5.27. The van der Waals surface area contributed by atoms with E-state index in [0.29, 0.717) is 49.1 Å². The van der Waals surface area contributed by atoms with Crippen LogP contribution in [0.4, 0.5) is 0 Å². The second-order valence-corrected chi connectivity index (χ2v) is 19.0. The van der Waals surface area contributed by atoms with Crippen molar-refractivity contribution >= 4 is 70.0 Å². The van der Waals surface area contributed by atoms with Crippen molar-refractivity contribution < 1.29 is 53.7 Å². The Hall–Kier alpha value is -6.07. The van der Waals surface area contributed by atoms with Crippen LogP contribution >= 0.6 is 11.8 Å².